The van der Waals surface area contributed by atoms with Gasteiger partial charge in [0, 0.05) is 19.2 Å². The van der Waals surface area contributed by atoms with Crippen molar-refractivity contribution in [2.75, 3.05) is 6.54 Å². The second-order valence-corrected chi connectivity index (χ2v) is 2.95. The number of ketones is 1. The molecule has 0 unspecified atom stereocenters. The van der Waals surface area contributed by atoms with Crippen molar-refractivity contribution in [2.24, 2.45) is 5.73 Å². The zero-order valence-corrected chi connectivity index (χ0v) is 7.86. The van der Waals surface area contributed by atoms with Gasteiger partial charge in [0.25, 0.3) is 0 Å². The molecular formula is C9H15N3O. The first-order valence-electron chi connectivity index (χ1n) is 4.53. The maximum absolute atomic E-state index is 11.3. The van der Waals surface area contributed by atoms with E-state index in [0.717, 1.165) is 13.0 Å². The molecule has 0 spiro atoms. The van der Waals surface area contributed by atoms with Crippen LogP contribution in [0.25, 0.3) is 0 Å². The average molecular weight is 181 g/mol. The third-order valence-electron chi connectivity index (χ3n) is 1.78. The summed E-state index contributed by atoms with van der Waals surface area (Å²) in [5.41, 5.74) is 5.95. The molecule has 0 aliphatic rings. The summed E-state index contributed by atoms with van der Waals surface area (Å²) < 4.78 is 1.78. The number of aryl methyl sites for hydroxylation is 1. The average Bonchev–Trinajstić information content (AvgIpc) is 2.54. The first-order chi connectivity index (χ1) is 6.27. The van der Waals surface area contributed by atoms with Crippen LogP contribution in [0.5, 0.6) is 0 Å². The fourth-order valence-electron chi connectivity index (χ4n) is 1.13. The minimum Gasteiger partial charge on any atom is -0.330 e. The van der Waals surface area contributed by atoms with E-state index in [1.54, 1.807) is 17.1 Å². The van der Waals surface area contributed by atoms with Crippen LogP contribution in [0.4, 0.5) is 0 Å². The molecule has 0 atom stereocenters. The highest BCUT2D eigenvalue weighted by molar-refractivity contribution is 5.95. The zero-order valence-electron chi connectivity index (χ0n) is 7.86. The normalized spacial score (nSPS) is 10.3. The summed E-state index contributed by atoms with van der Waals surface area (Å²) in [6.45, 7) is 3.33. The number of rotatable bonds is 5. The van der Waals surface area contributed by atoms with Crippen molar-refractivity contribution in [2.45, 2.75) is 26.3 Å². The lowest BCUT2D eigenvalue weighted by molar-refractivity contribution is 0.0985. The molecule has 0 amide bonds. The molecule has 0 fully saturated rings. The van der Waals surface area contributed by atoms with Gasteiger partial charge < -0.3 is 5.73 Å². The lowest BCUT2D eigenvalue weighted by atomic mass is 10.2. The quantitative estimate of drug-likeness (QED) is 0.684. The fourth-order valence-corrected chi connectivity index (χ4v) is 1.13. The second kappa shape index (κ2) is 4.77. The standard InChI is InChI=1S/C9H15N3O/c1-2-5-12-7-8(6-11-12)9(13)3-4-10/h6-7H,2-5,10H2,1H3. The number of nitrogens with two attached hydrogens (primary N) is 1. The molecule has 0 bridgehead atoms. The molecule has 72 valence electrons. The molecule has 1 rings (SSSR count). The molecule has 1 aromatic rings. The third-order valence-corrected chi connectivity index (χ3v) is 1.78. The molecular weight excluding hydrogens is 166 g/mol. The molecule has 4 nitrogen and oxygen atoms in total. The number of carbonyl (C=O) groups excluding carboxylic acids is 1. The monoisotopic (exact) mass is 181 g/mol. The molecule has 0 aliphatic carbocycles. The summed E-state index contributed by atoms with van der Waals surface area (Å²) in [7, 11) is 0. The van der Waals surface area contributed by atoms with E-state index in [1.165, 1.54) is 0 Å². The molecule has 13 heavy (non-hydrogen) atoms. The van der Waals surface area contributed by atoms with Crippen LogP contribution in [0.2, 0.25) is 0 Å². The van der Waals surface area contributed by atoms with Crippen molar-refractivity contribution < 1.29 is 4.79 Å². The predicted octanol–water partition coefficient (Wildman–Crippen LogP) is 0.825. The third kappa shape index (κ3) is 2.66. The smallest absolute Gasteiger partial charge is 0.167 e. The van der Waals surface area contributed by atoms with Crippen LogP contribution in [0.3, 0.4) is 0 Å². The molecule has 1 heterocycles. The van der Waals surface area contributed by atoms with Gasteiger partial charge in [-0.2, -0.15) is 5.10 Å². The van der Waals surface area contributed by atoms with E-state index >= 15 is 0 Å². The Morgan fingerprint density at radius 2 is 2.46 bits per heavy atom. The van der Waals surface area contributed by atoms with Crippen LogP contribution < -0.4 is 5.73 Å². The number of hydrogen-bond acceptors (Lipinski definition) is 3. The Balaban J connectivity index is 2.62. The first-order valence-corrected chi connectivity index (χ1v) is 4.53. The van der Waals surface area contributed by atoms with Crippen LogP contribution in [0, 0.1) is 0 Å². The van der Waals surface area contributed by atoms with Gasteiger partial charge in [-0.1, -0.05) is 6.92 Å². The van der Waals surface area contributed by atoms with Crippen molar-refractivity contribution >= 4 is 5.78 Å². The number of carbonyl (C=O) groups is 1. The number of aromatic nitrogens is 2. The molecule has 0 saturated carbocycles. The SMILES string of the molecule is CCCn1cc(C(=O)CCN)cn1. The Kier molecular flexibility index (Phi) is 3.64. The van der Waals surface area contributed by atoms with Gasteiger partial charge in [-0.05, 0) is 13.0 Å². The molecule has 2 N–H and O–H groups in total. The minimum absolute atomic E-state index is 0.0739. The van der Waals surface area contributed by atoms with Gasteiger partial charge in [-0.15, -0.1) is 0 Å². The molecule has 1 aromatic heterocycles. The number of hydrogen-bond donors (Lipinski definition) is 1. The Labute approximate surface area is 77.7 Å². The van der Waals surface area contributed by atoms with E-state index in [0.29, 0.717) is 18.5 Å². The zero-order chi connectivity index (χ0) is 9.68. The first kappa shape index (κ1) is 9.92. The van der Waals surface area contributed by atoms with Crippen LogP contribution in [0.15, 0.2) is 12.4 Å². The fraction of sp³-hybridized carbons (Fsp3) is 0.556. The highest BCUT2D eigenvalue weighted by Gasteiger charge is 2.06. The predicted molar refractivity (Wildman–Crippen MR) is 50.5 cm³/mol. The van der Waals surface area contributed by atoms with Crippen molar-refractivity contribution in [3.8, 4) is 0 Å². The van der Waals surface area contributed by atoms with Crippen molar-refractivity contribution in [3.05, 3.63) is 18.0 Å². The van der Waals surface area contributed by atoms with Gasteiger partial charge in [-0.3, -0.25) is 9.48 Å². The summed E-state index contributed by atoms with van der Waals surface area (Å²) >= 11 is 0. The van der Waals surface area contributed by atoms with Gasteiger partial charge in [0.05, 0.1) is 11.8 Å². The summed E-state index contributed by atoms with van der Waals surface area (Å²) in [5, 5.41) is 4.06. The molecule has 0 saturated heterocycles. The van der Waals surface area contributed by atoms with Gasteiger partial charge in [-0.25, -0.2) is 0 Å². The number of Topliss-reactive ketones (excluding diaryl/α,β-unsaturated/α-hetero) is 1. The van der Waals surface area contributed by atoms with Gasteiger partial charge >= 0.3 is 0 Å². The summed E-state index contributed by atoms with van der Waals surface area (Å²) in [5.74, 6) is 0.0739. The van der Waals surface area contributed by atoms with Crippen LogP contribution in [-0.2, 0) is 6.54 Å². The van der Waals surface area contributed by atoms with Gasteiger partial charge in [0.2, 0.25) is 0 Å². The Bertz CT molecular complexity index is 280. The van der Waals surface area contributed by atoms with Gasteiger partial charge in [0.1, 0.15) is 0 Å². The van der Waals surface area contributed by atoms with Crippen molar-refractivity contribution in [1.29, 1.82) is 0 Å². The Hall–Kier alpha value is -1.16. The van der Waals surface area contributed by atoms with E-state index in [4.69, 9.17) is 5.73 Å². The van der Waals surface area contributed by atoms with Crippen LogP contribution >= 0.6 is 0 Å². The van der Waals surface area contributed by atoms with E-state index in [2.05, 4.69) is 12.0 Å². The Morgan fingerprint density at radius 1 is 1.69 bits per heavy atom. The van der Waals surface area contributed by atoms with Crippen LogP contribution in [-0.4, -0.2) is 22.1 Å². The highest BCUT2D eigenvalue weighted by Crippen LogP contribution is 2.02. The minimum atomic E-state index is 0.0739. The van der Waals surface area contributed by atoms with E-state index in [1.807, 2.05) is 0 Å². The van der Waals surface area contributed by atoms with E-state index < -0.39 is 0 Å². The summed E-state index contributed by atoms with van der Waals surface area (Å²) in [6.07, 6.45) is 4.80. The lowest BCUT2D eigenvalue weighted by Gasteiger charge is -1.95. The largest absolute Gasteiger partial charge is 0.330 e. The maximum atomic E-state index is 11.3. The summed E-state index contributed by atoms with van der Waals surface area (Å²) in [6, 6.07) is 0. The highest BCUT2D eigenvalue weighted by atomic mass is 16.1. The molecule has 0 aliphatic heterocycles. The van der Waals surface area contributed by atoms with E-state index in [9.17, 15) is 4.79 Å². The van der Waals surface area contributed by atoms with Crippen LogP contribution in [0.1, 0.15) is 30.1 Å². The second-order valence-electron chi connectivity index (χ2n) is 2.95. The Morgan fingerprint density at radius 3 is 3.08 bits per heavy atom. The lowest BCUT2D eigenvalue weighted by Crippen LogP contribution is -2.07. The summed E-state index contributed by atoms with van der Waals surface area (Å²) in [4.78, 5) is 11.3. The molecule has 0 radical (unpaired) electrons. The molecule has 0 aromatic carbocycles. The van der Waals surface area contributed by atoms with E-state index in [-0.39, 0.29) is 5.78 Å². The molecule has 4 heteroatoms. The van der Waals surface area contributed by atoms with Crippen molar-refractivity contribution in [3.63, 3.8) is 0 Å². The maximum Gasteiger partial charge on any atom is 0.167 e. The number of nitrogens with zero attached hydrogens (tertiary/aromatic N) is 2. The van der Waals surface area contributed by atoms with Crippen molar-refractivity contribution in [1.82, 2.24) is 9.78 Å². The van der Waals surface area contributed by atoms with Gasteiger partial charge in [0.15, 0.2) is 5.78 Å². The topological polar surface area (TPSA) is 60.9 Å².